The third kappa shape index (κ3) is 4.24. The van der Waals surface area contributed by atoms with Crippen molar-refractivity contribution in [2.75, 3.05) is 18.5 Å². The predicted octanol–water partition coefficient (Wildman–Crippen LogP) is 4.62. The number of hydrogen-bond donors (Lipinski definition) is 1. The highest BCUT2D eigenvalue weighted by atomic mass is 15.2. The molecule has 1 aromatic rings. The van der Waals surface area contributed by atoms with Crippen molar-refractivity contribution in [3.63, 3.8) is 0 Å². The SMILES string of the molecule is CCC(CC)N(CC(C)C)c1ccccc1C(C)NC. The lowest BCUT2D eigenvalue weighted by Gasteiger charge is -2.36. The van der Waals surface area contributed by atoms with Crippen molar-refractivity contribution in [1.29, 1.82) is 0 Å². The van der Waals surface area contributed by atoms with Crippen LogP contribution in [0.1, 0.15) is 59.1 Å². The molecule has 0 spiro atoms. The van der Waals surface area contributed by atoms with E-state index in [2.05, 4.69) is 69.1 Å². The fourth-order valence-corrected chi connectivity index (χ4v) is 2.84. The number of nitrogens with zero attached hydrogens (tertiary/aromatic N) is 1. The van der Waals surface area contributed by atoms with Crippen molar-refractivity contribution in [3.05, 3.63) is 29.8 Å². The Hall–Kier alpha value is -1.02. The van der Waals surface area contributed by atoms with Gasteiger partial charge in [-0.2, -0.15) is 0 Å². The molecule has 0 saturated carbocycles. The second-order valence-electron chi connectivity index (χ2n) is 6.09. The molecule has 1 aromatic carbocycles. The molecule has 0 radical (unpaired) electrons. The van der Waals surface area contributed by atoms with Crippen LogP contribution in [0.25, 0.3) is 0 Å². The van der Waals surface area contributed by atoms with Crippen LogP contribution >= 0.6 is 0 Å². The molecule has 0 bridgehead atoms. The van der Waals surface area contributed by atoms with Crippen LogP contribution in [0.3, 0.4) is 0 Å². The molecular weight excluding hydrogens is 244 g/mol. The monoisotopic (exact) mass is 276 g/mol. The van der Waals surface area contributed by atoms with Gasteiger partial charge >= 0.3 is 0 Å². The van der Waals surface area contributed by atoms with Crippen LogP contribution in [0.15, 0.2) is 24.3 Å². The topological polar surface area (TPSA) is 15.3 Å². The molecule has 0 aliphatic heterocycles. The van der Waals surface area contributed by atoms with Crippen LogP contribution in [-0.2, 0) is 0 Å². The van der Waals surface area contributed by atoms with E-state index in [4.69, 9.17) is 0 Å². The number of hydrogen-bond acceptors (Lipinski definition) is 2. The third-order valence-electron chi connectivity index (χ3n) is 4.09. The summed E-state index contributed by atoms with van der Waals surface area (Å²) in [5.41, 5.74) is 2.80. The van der Waals surface area contributed by atoms with Gasteiger partial charge in [0.1, 0.15) is 0 Å². The van der Waals surface area contributed by atoms with Crippen LogP contribution in [-0.4, -0.2) is 19.6 Å². The van der Waals surface area contributed by atoms with Gasteiger partial charge in [-0.25, -0.2) is 0 Å². The Bertz CT molecular complexity index is 383. The van der Waals surface area contributed by atoms with Crippen LogP contribution in [0.4, 0.5) is 5.69 Å². The minimum absolute atomic E-state index is 0.384. The first-order chi connectivity index (χ1) is 9.54. The smallest absolute Gasteiger partial charge is 0.0417 e. The van der Waals surface area contributed by atoms with Gasteiger partial charge in [0.2, 0.25) is 0 Å². The summed E-state index contributed by atoms with van der Waals surface area (Å²) in [7, 11) is 2.03. The molecule has 0 aliphatic rings. The molecule has 0 amide bonds. The van der Waals surface area contributed by atoms with Gasteiger partial charge < -0.3 is 10.2 Å². The van der Waals surface area contributed by atoms with Gasteiger partial charge in [0.15, 0.2) is 0 Å². The van der Waals surface area contributed by atoms with E-state index in [-0.39, 0.29) is 0 Å². The van der Waals surface area contributed by atoms with Crippen molar-refractivity contribution in [2.45, 2.75) is 59.5 Å². The van der Waals surface area contributed by atoms with Crippen molar-refractivity contribution in [1.82, 2.24) is 5.32 Å². The average molecular weight is 276 g/mol. The maximum atomic E-state index is 3.38. The molecule has 1 rings (SSSR count). The van der Waals surface area contributed by atoms with E-state index < -0.39 is 0 Å². The van der Waals surface area contributed by atoms with Gasteiger partial charge in [0, 0.05) is 24.3 Å². The molecule has 0 saturated heterocycles. The van der Waals surface area contributed by atoms with Crippen LogP contribution in [0.2, 0.25) is 0 Å². The molecule has 1 unspecified atom stereocenters. The van der Waals surface area contributed by atoms with Gasteiger partial charge in [-0.3, -0.25) is 0 Å². The molecular formula is C18H32N2. The van der Waals surface area contributed by atoms with E-state index in [9.17, 15) is 0 Å². The van der Waals surface area contributed by atoms with E-state index >= 15 is 0 Å². The minimum Gasteiger partial charge on any atom is -0.368 e. The lowest BCUT2D eigenvalue weighted by molar-refractivity contribution is 0.503. The molecule has 0 fully saturated rings. The van der Waals surface area contributed by atoms with Crippen molar-refractivity contribution < 1.29 is 0 Å². The Morgan fingerprint density at radius 1 is 1.05 bits per heavy atom. The van der Waals surface area contributed by atoms with Gasteiger partial charge in [-0.05, 0) is 44.4 Å². The number of benzene rings is 1. The summed E-state index contributed by atoms with van der Waals surface area (Å²) in [5, 5.41) is 3.38. The molecule has 2 nitrogen and oxygen atoms in total. The predicted molar refractivity (Wildman–Crippen MR) is 90.5 cm³/mol. The van der Waals surface area contributed by atoms with E-state index in [1.165, 1.54) is 24.1 Å². The average Bonchev–Trinajstić information content (AvgIpc) is 2.46. The van der Waals surface area contributed by atoms with Crippen molar-refractivity contribution in [2.24, 2.45) is 5.92 Å². The van der Waals surface area contributed by atoms with E-state index in [1.54, 1.807) is 0 Å². The van der Waals surface area contributed by atoms with Gasteiger partial charge in [0.25, 0.3) is 0 Å². The normalized spacial score (nSPS) is 13.0. The van der Waals surface area contributed by atoms with Gasteiger partial charge in [-0.1, -0.05) is 45.9 Å². The number of rotatable bonds is 8. The lowest BCUT2D eigenvalue weighted by Crippen LogP contribution is -2.38. The van der Waals surface area contributed by atoms with Gasteiger partial charge in [0.05, 0.1) is 0 Å². The minimum atomic E-state index is 0.384. The second-order valence-corrected chi connectivity index (χ2v) is 6.09. The second kappa shape index (κ2) is 8.31. The van der Waals surface area contributed by atoms with Crippen molar-refractivity contribution >= 4 is 5.69 Å². The summed E-state index contributed by atoms with van der Waals surface area (Å²) in [6.07, 6.45) is 2.40. The molecule has 20 heavy (non-hydrogen) atoms. The molecule has 114 valence electrons. The summed E-state index contributed by atoms with van der Waals surface area (Å²) >= 11 is 0. The fraction of sp³-hybridized carbons (Fsp3) is 0.667. The number of para-hydroxylation sites is 1. The van der Waals surface area contributed by atoms with Crippen LogP contribution in [0.5, 0.6) is 0 Å². The lowest BCUT2D eigenvalue weighted by atomic mass is 10.0. The maximum Gasteiger partial charge on any atom is 0.0417 e. The van der Waals surface area contributed by atoms with E-state index in [0.29, 0.717) is 18.0 Å². The standard InChI is InChI=1S/C18H32N2/c1-7-16(8-2)20(13-14(3)4)18-12-10-9-11-17(18)15(5)19-6/h9-12,14-16,19H,7-8,13H2,1-6H3. The maximum absolute atomic E-state index is 3.38. The van der Waals surface area contributed by atoms with E-state index in [0.717, 1.165) is 6.54 Å². The summed E-state index contributed by atoms with van der Waals surface area (Å²) < 4.78 is 0. The molecule has 1 atom stereocenters. The highest BCUT2D eigenvalue weighted by Gasteiger charge is 2.20. The van der Waals surface area contributed by atoms with Gasteiger partial charge in [-0.15, -0.1) is 0 Å². The molecule has 0 heterocycles. The molecule has 1 N–H and O–H groups in total. The van der Waals surface area contributed by atoms with Crippen molar-refractivity contribution in [3.8, 4) is 0 Å². The van der Waals surface area contributed by atoms with E-state index in [1.807, 2.05) is 7.05 Å². The highest BCUT2D eigenvalue weighted by molar-refractivity contribution is 5.55. The highest BCUT2D eigenvalue weighted by Crippen LogP contribution is 2.29. The Kier molecular flexibility index (Phi) is 7.08. The summed E-state index contributed by atoms with van der Waals surface area (Å²) in [6.45, 7) is 12.6. The Morgan fingerprint density at radius 3 is 2.15 bits per heavy atom. The van der Waals surface area contributed by atoms with Crippen LogP contribution in [0, 0.1) is 5.92 Å². The zero-order valence-corrected chi connectivity index (χ0v) is 14.1. The number of anilines is 1. The summed E-state index contributed by atoms with van der Waals surface area (Å²) in [5.74, 6) is 0.675. The molecule has 0 aliphatic carbocycles. The Labute approximate surface area is 125 Å². The first-order valence-electron chi connectivity index (χ1n) is 8.07. The fourth-order valence-electron chi connectivity index (χ4n) is 2.84. The number of nitrogens with one attached hydrogen (secondary N) is 1. The first-order valence-corrected chi connectivity index (χ1v) is 8.07. The summed E-state index contributed by atoms with van der Waals surface area (Å²) in [4.78, 5) is 2.62. The quantitative estimate of drug-likeness (QED) is 0.745. The largest absolute Gasteiger partial charge is 0.368 e. The molecule has 2 heteroatoms. The zero-order valence-electron chi connectivity index (χ0n) is 14.1. The third-order valence-corrected chi connectivity index (χ3v) is 4.09. The zero-order chi connectivity index (χ0) is 15.1. The Balaban J connectivity index is 3.18. The Morgan fingerprint density at radius 2 is 1.65 bits per heavy atom. The van der Waals surface area contributed by atoms with Crippen LogP contribution < -0.4 is 10.2 Å². The molecule has 0 aromatic heterocycles. The first kappa shape index (κ1) is 17.0. The summed E-state index contributed by atoms with van der Waals surface area (Å²) in [6, 6.07) is 9.86.